The van der Waals surface area contributed by atoms with E-state index in [4.69, 9.17) is 9.63 Å². The molecule has 2 atom stereocenters. The maximum Gasteiger partial charge on any atom is 0.308 e. The van der Waals surface area contributed by atoms with Gasteiger partial charge in [-0.05, 0) is 27.7 Å². The molecule has 1 aromatic heterocycles. The number of nitrogens with one attached hydrogen (secondary N) is 1. The first-order chi connectivity index (χ1) is 7.84. The minimum atomic E-state index is -0.948. The summed E-state index contributed by atoms with van der Waals surface area (Å²) in [6.07, 6.45) is 0. The van der Waals surface area contributed by atoms with Gasteiger partial charge in [0.25, 0.3) is 5.91 Å². The maximum absolute atomic E-state index is 11.9. The second kappa shape index (κ2) is 4.99. The molecule has 94 valence electrons. The normalized spacial score (nSPS) is 14.1. The van der Waals surface area contributed by atoms with Crippen LogP contribution in [0.1, 0.15) is 35.7 Å². The van der Waals surface area contributed by atoms with Crippen LogP contribution < -0.4 is 5.32 Å². The Labute approximate surface area is 99.0 Å². The Hall–Kier alpha value is -1.85. The lowest BCUT2D eigenvalue weighted by atomic mass is 10.0. The fraction of sp³-hybridized carbons (Fsp3) is 0.545. The van der Waals surface area contributed by atoms with Gasteiger partial charge in [-0.2, -0.15) is 0 Å². The van der Waals surface area contributed by atoms with E-state index in [1.165, 1.54) is 0 Å². The zero-order valence-electron chi connectivity index (χ0n) is 10.3. The molecule has 0 aromatic carbocycles. The van der Waals surface area contributed by atoms with Crippen molar-refractivity contribution in [2.75, 3.05) is 0 Å². The summed E-state index contributed by atoms with van der Waals surface area (Å²) in [6.45, 7) is 6.49. The Balaban J connectivity index is 2.77. The second-order valence-corrected chi connectivity index (χ2v) is 4.09. The maximum atomic E-state index is 11.9. The standard InChI is InChI=1S/C11H16N2O4/c1-5(11(15)16)6(2)12-10(14)9-7(3)13-17-8(9)4/h5-6H,1-4H3,(H,12,14)(H,15,16). The number of carbonyl (C=O) groups is 2. The Kier molecular flexibility index (Phi) is 3.88. The van der Waals surface area contributed by atoms with Crippen LogP contribution in [0.25, 0.3) is 0 Å². The van der Waals surface area contributed by atoms with Gasteiger partial charge in [-0.3, -0.25) is 9.59 Å². The highest BCUT2D eigenvalue weighted by molar-refractivity contribution is 5.96. The van der Waals surface area contributed by atoms with Crippen molar-refractivity contribution in [1.29, 1.82) is 0 Å². The molecular weight excluding hydrogens is 224 g/mol. The third-order valence-corrected chi connectivity index (χ3v) is 2.76. The van der Waals surface area contributed by atoms with E-state index in [1.54, 1.807) is 27.7 Å². The number of aromatic nitrogens is 1. The van der Waals surface area contributed by atoms with Gasteiger partial charge in [0, 0.05) is 6.04 Å². The van der Waals surface area contributed by atoms with Crippen molar-refractivity contribution >= 4 is 11.9 Å². The highest BCUT2D eigenvalue weighted by Crippen LogP contribution is 2.13. The fourth-order valence-electron chi connectivity index (χ4n) is 1.42. The van der Waals surface area contributed by atoms with Crippen LogP contribution in [0.3, 0.4) is 0 Å². The van der Waals surface area contributed by atoms with E-state index < -0.39 is 17.9 Å². The predicted molar refractivity (Wildman–Crippen MR) is 59.7 cm³/mol. The molecule has 0 aliphatic rings. The van der Waals surface area contributed by atoms with Crippen molar-refractivity contribution in [2.45, 2.75) is 33.7 Å². The molecule has 0 saturated carbocycles. The summed E-state index contributed by atoms with van der Waals surface area (Å²) in [6, 6.07) is -0.464. The first-order valence-electron chi connectivity index (χ1n) is 5.31. The average molecular weight is 240 g/mol. The quantitative estimate of drug-likeness (QED) is 0.823. The van der Waals surface area contributed by atoms with Gasteiger partial charge in [0.15, 0.2) is 0 Å². The number of nitrogens with zero attached hydrogens (tertiary/aromatic N) is 1. The van der Waals surface area contributed by atoms with Crippen LogP contribution in [0.2, 0.25) is 0 Å². The van der Waals surface area contributed by atoms with Gasteiger partial charge in [0.05, 0.1) is 11.6 Å². The van der Waals surface area contributed by atoms with Gasteiger partial charge in [0.1, 0.15) is 11.3 Å². The number of aryl methyl sites for hydroxylation is 2. The van der Waals surface area contributed by atoms with Gasteiger partial charge in [-0.25, -0.2) is 0 Å². The molecule has 0 saturated heterocycles. The van der Waals surface area contributed by atoms with Crippen LogP contribution in [0.15, 0.2) is 4.52 Å². The smallest absolute Gasteiger partial charge is 0.308 e. The number of hydrogen-bond acceptors (Lipinski definition) is 4. The van der Waals surface area contributed by atoms with E-state index in [1.807, 2.05) is 0 Å². The molecule has 0 bridgehead atoms. The molecule has 0 aliphatic carbocycles. The molecule has 1 rings (SSSR count). The van der Waals surface area contributed by atoms with Crippen LogP contribution in [0, 0.1) is 19.8 Å². The van der Waals surface area contributed by atoms with E-state index in [0.717, 1.165) is 0 Å². The van der Waals surface area contributed by atoms with Crippen LogP contribution in [-0.2, 0) is 4.79 Å². The lowest BCUT2D eigenvalue weighted by Gasteiger charge is -2.17. The average Bonchev–Trinajstić information content (AvgIpc) is 2.56. The molecule has 17 heavy (non-hydrogen) atoms. The number of hydrogen-bond donors (Lipinski definition) is 2. The highest BCUT2D eigenvalue weighted by Gasteiger charge is 2.24. The summed E-state index contributed by atoms with van der Waals surface area (Å²) in [5, 5.41) is 15.1. The monoisotopic (exact) mass is 240 g/mol. The molecule has 6 nitrogen and oxygen atoms in total. The van der Waals surface area contributed by atoms with E-state index >= 15 is 0 Å². The minimum absolute atomic E-state index is 0.359. The summed E-state index contributed by atoms with van der Waals surface area (Å²) in [4.78, 5) is 22.6. The Bertz CT molecular complexity index is 419. The minimum Gasteiger partial charge on any atom is -0.481 e. The molecular formula is C11H16N2O4. The van der Waals surface area contributed by atoms with Crippen LogP contribution in [0.4, 0.5) is 0 Å². The van der Waals surface area contributed by atoms with Crippen molar-refractivity contribution in [2.24, 2.45) is 5.92 Å². The van der Waals surface area contributed by atoms with Gasteiger partial charge in [-0.1, -0.05) is 5.16 Å². The number of aliphatic carboxylic acids is 1. The lowest BCUT2D eigenvalue weighted by molar-refractivity contribution is -0.141. The first-order valence-corrected chi connectivity index (χ1v) is 5.31. The number of carbonyl (C=O) groups excluding carboxylic acids is 1. The summed E-state index contributed by atoms with van der Waals surface area (Å²) in [5.74, 6) is -1.53. The van der Waals surface area contributed by atoms with Gasteiger partial charge < -0.3 is 14.9 Å². The zero-order valence-corrected chi connectivity index (χ0v) is 10.3. The van der Waals surface area contributed by atoms with E-state index in [-0.39, 0.29) is 5.91 Å². The van der Waals surface area contributed by atoms with Crippen LogP contribution in [0.5, 0.6) is 0 Å². The molecule has 2 unspecified atom stereocenters. The van der Waals surface area contributed by atoms with Crippen molar-refractivity contribution in [1.82, 2.24) is 10.5 Å². The molecule has 1 amide bonds. The van der Waals surface area contributed by atoms with Crippen LogP contribution in [-0.4, -0.2) is 28.2 Å². The molecule has 0 spiro atoms. The molecule has 1 heterocycles. The molecule has 1 aromatic rings. The van der Waals surface area contributed by atoms with E-state index in [9.17, 15) is 9.59 Å². The van der Waals surface area contributed by atoms with E-state index in [0.29, 0.717) is 17.0 Å². The van der Waals surface area contributed by atoms with Crippen molar-refractivity contribution in [3.05, 3.63) is 17.0 Å². The van der Waals surface area contributed by atoms with Gasteiger partial charge in [-0.15, -0.1) is 0 Å². The largest absolute Gasteiger partial charge is 0.481 e. The third-order valence-electron chi connectivity index (χ3n) is 2.76. The predicted octanol–water partition coefficient (Wildman–Crippen LogP) is 1.13. The highest BCUT2D eigenvalue weighted by atomic mass is 16.5. The molecule has 0 radical (unpaired) electrons. The SMILES string of the molecule is Cc1noc(C)c1C(=O)NC(C)C(C)C(=O)O. The van der Waals surface area contributed by atoms with Crippen molar-refractivity contribution in [3.63, 3.8) is 0 Å². The summed E-state index contributed by atoms with van der Waals surface area (Å²) >= 11 is 0. The summed E-state index contributed by atoms with van der Waals surface area (Å²) in [7, 11) is 0. The third kappa shape index (κ3) is 2.83. The van der Waals surface area contributed by atoms with Gasteiger partial charge >= 0.3 is 5.97 Å². The fourth-order valence-corrected chi connectivity index (χ4v) is 1.42. The Morgan fingerprint density at radius 1 is 1.35 bits per heavy atom. The number of carboxylic acid groups (broad SMARTS) is 1. The molecule has 2 N–H and O–H groups in total. The summed E-state index contributed by atoms with van der Waals surface area (Å²) in [5.41, 5.74) is 0.865. The molecule has 0 fully saturated rings. The van der Waals surface area contributed by atoms with Gasteiger partial charge in [0.2, 0.25) is 0 Å². The molecule has 0 aliphatic heterocycles. The molecule has 6 heteroatoms. The topological polar surface area (TPSA) is 92.4 Å². The zero-order chi connectivity index (χ0) is 13.2. The number of carboxylic acids is 1. The number of rotatable bonds is 4. The number of amides is 1. The van der Waals surface area contributed by atoms with Crippen molar-refractivity contribution in [3.8, 4) is 0 Å². The summed E-state index contributed by atoms with van der Waals surface area (Å²) < 4.78 is 4.88. The Morgan fingerprint density at radius 3 is 2.35 bits per heavy atom. The van der Waals surface area contributed by atoms with Crippen LogP contribution >= 0.6 is 0 Å². The lowest BCUT2D eigenvalue weighted by Crippen LogP contribution is -2.40. The van der Waals surface area contributed by atoms with Crippen molar-refractivity contribution < 1.29 is 19.2 Å². The van der Waals surface area contributed by atoms with E-state index in [2.05, 4.69) is 10.5 Å². The second-order valence-electron chi connectivity index (χ2n) is 4.09. The first kappa shape index (κ1) is 13.2. The Morgan fingerprint density at radius 2 is 1.94 bits per heavy atom.